The average Bonchev–Trinajstić information content (AvgIpc) is 2.34. The van der Waals surface area contributed by atoms with Crippen molar-refractivity contribution in [3.63, 3.8) is 0 Å². The normalized spacial score (nSPS) is 20.2. The molecule has 0 saturated heterocycles. The number of hydrogen-bond donors (Lipinski definition) is 1. The third kappa shape index (κ3) is 1.58. The van der Waals surface area contributed by atoms with E-state index in [1.165, 1.54) is 5.57 Å². The summed E-state index contributed by atoms with van der Waals surface area (Å²) < 4.78 is 0. The largest absolute Gasteiger partial charge is 0.327 e. The summed E-state index contributed by atoms with van der Waals surface area (Å²) in [5, 5.41) is 0. The molecule has 1 rings (SSSR count). The highest BCUT2D eigenvalue weighted by Gasteiger charge is 2.14. The van der Waals surface area contributed by atoms with Crippen LogP contribution in [0.3, 0.4) is 0 Å². The van der Waals surface area contributed by atoms with Gasteiger partial charge in [-0.2, -0.15) is 0 Å². The van der Waals surface area contributed by atoms with E-state index in [1.54, 1.807) is 0 Å². The number of rotatable bonds is 2. The predicted molar refractivity (Wildman–Crippen MR) is 43.8 cm³/mol. The third-order valence-electron chi connectivity index (χ3n) is 2.01. The minimum atomic E-state index is 0.653. The van der Waals surface area contributed by atoms with Crippen molar-refractivity contribution < 1.29 is 0 Å². The van der Waals surface area contributed by atoms with Crippen molar-refractivity contribution >= 4 is 0 Å². The molecule has 0 bridgehead atoms. The Kier molecular flexibility index (Phi) is 2.46. The second-order valence-electron chi connectivity index (χ2n) is 3.09. The SMILES string of the molecule is CC(C)N1CC=C(CN)C1. The maximum Gasteiger partial charge on any atom is 0.0211 e. The second kappa shape index (κ2) is 3.17. The van der Waals surface area contributed by atoms with Crippen LogP contribution in [0.15, 0.2) is 11.6 Å². The summed E-state index contributed by atoms with van der Waals surface area (Å²) in [6.07, 6.45) is 2.24. The van der Waals surface area contributed by atoms with Gasteiger partial charge in [-0.25, -0.2) is 0 Å². The van der Waals surface area contributed by atoms with Gasteiger partial charge in [0.1, 0.15) is 0 Å². The van der Waals surface area contributed by atoms with Crippen LogP contribution in [0.4, 0.5) is 0 Å². The lowest BCUT2D eigenvalue weighted by molar-refractivity contribution is 0.283. The quantitative estimate of drug-likeness (QED) is 0.569. The minimum Gasteiger partial charge on any atom is -0.327 e. The van der Waals surface area contributed by atoms with E-state index in [2.05, 4.69) is 24.8 Å². The summed E-state index contributed by atoms with van der Waals surface area (Å²) in [4.78, 5) is 2.40. The molecule has 10 heavy (non-hydrogen) atoms. The first-order chi connectivity index (χ1) is 4.74. The topological polar surface area (TPSA) is 29.3 Å². The second-order valence-corrected chi connectivity index (χ2v) is 3.09. The highest BCUT2D eigenvalue weighted by Crippen LogP contribution is 2.10. The van der Waals surface area contributed by atoms with Crippen LogP contribution in [0.2, 0.25) is 0 Å². The maximum atomic E-state index is 5.50. The summed E-state index contributed by atoms with van der Waals surface area (Å²) in [6.45, 7) is 7.32. The molecule has 0 aliphatic carbocycles. The molecule has 0 aromatic rings. The van der Waals surface area contributed by atoms with Crippen LogP contribution in [0, 0.1) is 0 Å². The fraction of sp³-hybridized carbons (Fsp3) is 0.750. The van der Waals surface area contributed by atoms with Gasteiger partial charge in [0.15, 0.2) is 0 Å². The van der Waals surface area contributed by atoms with E-state index < -0.39 is 0 Å². The van der Waals surface area contributed by atoms with Crippen molar-refractivity contribution in [3.8, 4) is 0 Å². The molecule has 58 valence electrons. The van der Waals surface area contributed by atoms with Crippen molar-refractivity contribution in [1.29, 1.82) is 0 Å². The molecule has 0 aromatic heterocycles. The lowest BCUT2D eigenvalue weighted by Gasteiger charge is -2.19. The smallest absolute Gasteiger partial charge is 0.0211 e. The lowest BCUT2D eigenvalue weighted by Crippen LogP contribution is -2.29. The Morgan fingerprint density at radius 2 is 2.40 bits per heavy atom. The van der Waals surface area contributed by atoms with Gasteiger partial charge in [0.25, 0.3) is 0 Å². The van der Waals surface area contributed by atoms with Crippen molar-refractivity contribution in [2.45, 2.75) is 19.9 Å². The van der Waals surface area contributed by atoms with Gasteiger partial charge in [0.2, 0.25) is 0 Å². The minimum absolute atomic E-state index is 0.653. The first-order valence-corrected chi connectivity index (χ1v) is 3.86. The Morgan fingerprint density at radius 3 is 2.70 bits per heavy atom. The maximum absolute atomic E-state index is 5.50. The van der Waals surface area contributed by atoms with Gasteiger partial charge in [-0.1, -0.05) is 6.08 Å². The fourth-order valence-electron chi connectivity index (χ4n) is 1.18. The van der Waals surface area contributed by atoms with Crippen LogP contribution in [0.5, 0.6) is 0 Å². The summed E-state index contributed by atoms with van der Waals surface area (Å²) >= 11 is 0. The molecule has 0 amide bonds. The van der Waals surface area contributed by atoms with Crippen LogP contribution < -0.4 is 5.73 Å². The van der Waals surface area contributed by atoms with Gasteiger partial charge in [-0.05, 0) is 19.4 Å². The zero-order valence-corrected chi connectivity index (χ0v) is 6.80. The third-order valence-corrected chi connectivity index (χ3v) is 2.01. The molecule has 0 unspecified atom stereocenters. The first-order valence-electron chi connectivity index (χ1n) is 3.86. The molecule has 1 aliphatic rings. The molecule has 1 aliphatic heterocycles. The van der Waals surface area contributed by atoms with Crippen LogP contribution in [-0.4, -0.2) is 30.6 Å². The van der Waals surface area contributed by atoms with Gasteiger partial charge >= 0.3 is 0 Å². The van der Waals surface area contributed by atoms with Crippen molar-refractivity contribution in [1.82, 2.24) is 4.90 Å². The van der Waals surface area contributed by atoms with Crippen molar-refractivity contribution in [3.05, 3.63) is 11.6 Å². The number of hydrogen-bond acceptors (Lipinski definition) is 2. The highest BCUT2D eigenvalue weighted by molar-refractivity contribution is 5.13. The Hall–Kier alpha value is -0.340. The van der Waals surface area contributed by atoms with Crippen LogP contribution >= 0.6 is 0 Å². The average molecular weight is 140 g/mol. The van der Waals surface area contributed by atoms with E-state index in [0.717, 1.165) is 19.6 Å². The first kappa shape index (κ1) is 7.76. The molecular formula is C8H16N2. The van der Waals surface area contributed by atoms with Gasteiger partial charge < -0.3 is 5.73 Å². The van der Waals surface area contributed by atoms with E-state index in [9.17, 15) is 0 Å². The molecule has 0 aromatic carbocycles. The molecule has 0 atom stereocenters. The molecule has 2 nitrogen and oxygen atoms in total. The zero-order chi connectivity index (χ0) is 7.56. The lowest BCUT2D eigenvalue weighted by atomic mass is 10.3. The van der Waals surface area contributed by atoms with E-state index in [0.29, 0.717) is 6.04 Å². The van der Waals surface area contributed by atoms with Crippen LogP contribution in [0.25, 0.3) is 0 Å². The predicted octanol–water partition coefficient (Wildman–Crippen LogP) is 0.596. The molecule has 0 spiro atoms. The van der Waals surface area contributed by atoms with E-state index in [4.69, 9.17) is 5.73 Å². The standard InChI is InChI=1S/C8H16N2/c1-7(2)10-4-3-8(5-9)6-10/h3,7H,4-6,9H2,1-2H3. The van der Waals surface area contributed by atoms with E-state index in [-0.39, 0.29) is 0 Å². The van der Waals surface area contributed by atoms with Crippen molar-refractivity contribution in [2.75, 3.05) is 19.6 Å². The van der Waals surface area contributed by atoms with E-state index >= 15 is 0 Å². The number of nitrogens with zero attached hydrogens (tertiary/aromatic N) is 1. The molecule has 1 heterocycles. The zero-order valence-electron chi connectivity index (χ0n) is 6.80. The summed E-state index contributed by atoms with van der Waals surface area (Å²) in [6, 6.07) is 0.653. The summed E-state index contributed by atoms with van der Waals surface area (Å²) in [5.74, 6) is 0. The van der Waals surface area contributed by atoms with Crippen LogP contribution in [-0.2, 0) is 0 Å². The molecule has 2 N–H and O–H groups in total. The Labute approximate surface area is 62.7 Å². The number of nitrogens with two attached hydrogens (primary N) is 1. The van der Waals surface area contributed by atoms with Gasteiger partial charge in [-0.15, -0.1) is 0 Å². The Bertz CT molecular complexity index is 138. The Morgan fingerprint density at radius 1 is 1.70 bits per heavy atom. The summed E-state index contributed by atoms with van der Waals surface area (Å²) in [5.41, 5.74) is 6.88. The van der Waals surface area contributed by atoms with Gasteiger partial charge in [-0.3, -0.25) is 4.90 Å². The molecule has 2 heteroatoms. The van der Waals surface area contributed by atoms with Gasteiger partial charge in [0, 0.05) is 25.7 Å². The monoisotopic (exact) mass is 140 g/mol. The van der Waals surface area contributed by atoms with E-state index in [1.807, 2.05) is 0 Å². The van der Waals surface area contributed by atoms with Crippen LogP contribution in [0.1, 0.15) is 13.8 Å². The highest BCUT2D eigenvalue weighted by atomic mass is 15.2. The molecular weight excluding hydrogens is 124 g/mol. The molecule has 0 saturated carbocycles. The Balaban J connectivity index is 2.36. The molecule has 0 radical (unpaired) electrons. The fourth-order valence-corrected chi connectivity index (χ4v) is 1.18. The summed E-state index contributed by atoms with van der Waals surface area (Å²) in [7, 11) is 0. The van der Waals surface area contributed by atoms with Crippen molar-refractivity contribution in [2.24, 2.45) is 5.73 Å². The molecule has 0 fully saturated rings. The van der Waals surface area contributed by atoms with Gasteiger partial charge in [0.05, 0.1) is 0 Å².